The Labute approximate surface area is 74.4 Å². The van der Waals surface area contributed by atoms with Crippen molar-refractivity contribution in [3.05, 3.63) is 29.6 Å². The summed E-state index contributed by atoms with van der Waals surface area (Å²) in [5.41, 5.74) is 1.84. The highest BCUT2D eigenvalue weighted by Gasteiger charge is 2.04. The summed E-state index contributed by atoms with van der Waals surface area (Å²) in [6.45, 7) is 1.91. The van der Waals surface area contributed by atoms with Gasteiger partial charge < -0.3 is 5.11 Å². The minimum Gasteiger partial charge on any atom is -0.388 e. The second-order valence-corrected chi connectivity index (χ2v) is 3.05. The second-order valence-electron chi connectivity index (χ2n) is 2.40. The standard InChI is InChI=1S/C8H10BrNO/c1-6-4-7(2-3-10-6)8(11)5-9/h2-4,8,11H,5H2,1H3. The minimum atomic E-state index is -0.420. The molecule has 60 valence electrons. The van der Waals surface area contributed by atoms with Crippen LogP contribution in [0.2, 0.25) is 0 Å². The van der Waals surface area contributed by atoms with Crippen molar-refractivity contribution < 1.29 is 5.11 Å². The Balaban J connectivity index is 2.86. The van der Waals surface area contributed by atoms with E-state index in [0.717, 1.165) is 11.3 Å². The Morgan fingerprint density at radius 3 is 3.00 bits per heavy atom. The number of hydrogen-bond acceptors (Lipinski definition) is 2. The zero-order valence-corrected chi connectivity index (χ0v) is 7.87. The number of aromatic nitrogens is 1. The summed E-state index contributed by atoms with van der Waals surface area (Å²) in [4.78, 5) is 4.03. The van der Waals surface area contributed by atoms with Crippen LogP contribution < -0.4 is 0 Å². The molecule has 11 heavy (non-hydrogen) atoms. The van der Waals surface area contributed by atoms with Crippen LogP contribution in [0.3, 0.4) is 0 Å². The van der Waals surface area contributed by atoms with Crippen LogP contribution in [0.15, 0.2) is 18.3 Å². The van der Waals surface area contributed by atoms with Crippen LogP contribution in [0, 0.1) is 6.92 Å². The first-order valence-electron chi connectivity index (χ1n) is 3.40. The van der Waals surface area contributed by atoms with Gasteiger partial charge in [0.2, 0.25) is 0 Å². The quantitative estimate of drug-likeness (QED) is 0.765. The first-order chi connectivity index (χ1) is 5.24. The number of hydrogen-bond donors (Lipinski definition) is 1. The molecule has 0 radical (unpaired) electrons. The molecule has 3 heteroatoms. The lowest BCUT2D eigenvalue weighted by Crippen LogP contribution is -1.98. The molecule has 0 saturated heterocycles. The van der Waals surface area contributed by atoms with E-state index in [4.69, 9.17) is 0 Å². The van der Waals surface area contributed by atoms with Gasteiger partial charge >= 0.3 is 0 Å². The van der Waals surface area contributed by atoms with Crippen molar-refractivity contribution in [1.82, 2.24) is 4.98 Å². The third-order valence-corrected chi connectivity index (χ3v) is 2.06. The Bertz CT molecular complexity index is 239. The van der Waals surface area contributed by atoms with Gasteiger partial charge in [-0.1, -0.05) is 15.9 Å². The van der Waals surface area contributed by atoms with E-state index in [9.17, 15) is 5.11 Å². The Morgan fingerprint density at radius 2 is 2.45 bits per heavy atom. The van der Waals surface area contributed by atoms with E-state index in [2.05, 4.69) is 20.9 Å². The smallest absolute Gasteiger partial charge is 0.0887 e. The Morgan fingerprint density at radius 1 is 1.73 bits per heavy atom. The fourth-order valence-electron chi connectivity index (χ4n) is 0.864. The highest BCUT2D eigenvalue weighted by molar-refractivity contribution is 9.09. The Hall–Kier alpha value is -0.410. The van der Waals surface area contributed by atoms with Crippen molar-refractivity contribution in [1.29, 1.82) is 0 Å². The average Bonchev–Trinajstić information content (AvgIpc) is 2.03. The SMILES string of the molecule is Cc1cc(C(O)CBr)ccn1. The molecule has 0 aliphatic heterocycles. The summed E-state index contributed by atoms with van der Waals surface area (Å²) in [6, 6.07) is 3.70. The molecule has 0 fully saturated rings. The number of aryl methyl sites for hydroxylation is 1. The first kappa shape index (κ1) is 8.68. The summed E-state index contributed by atoms with van der Waals surface area (Å²) in [7, 11) is 0. The van der Waals surface area contributed by atoms with Gasteiger partial charge in [0.05, 0.1) is 6.10 Å². The predicted octanol–water partition coefficient (Wildman–Crippen LogP) is 1.82. The molecule has 0 amide bonds. The second kappa shape index (κ2) is 3.83. The molecule has 0 bridgehead atoms. The monoisotopic (exact) mass is 215 g/mol. The van der Waals surface area contributed by atoms with Crippen LogP contribution in [-0.4, -0.2) is 15.4 Å². The summed E-state index contributed by atoms with van der Waals surface area (Å²) in [6.07, 6.45) is 1.29. The van der Waals surface area contributed by atoms with Crippen molar-refractivity contribution >= 4 is 15.9 Å². The van der Waals surface area contributed by atoms with Gasteiger partial charge in [-0.3, -0.25) is 4.98 Å². The summed E-state index contributed by atoms with van der Waals surface area (Å²) >= 11 is 3.21. The van der Waals surface area contributed by atoms with E-state index in [0.29, 0.717) is 5.33 Å². The van der Waals surface area contributed by atoms with Gasteiger partial charge in [-0.25, -0.2) is 0 Å². The molecule has 1 atom stereocenters. The molecule has 1 heterocycles. The van der Waals surface area contributed by atoms with Gasteiger partial charge in [0.25, 0.3) is 0 Å². The molecule has 0 aliphatic rings. The molecule has 2 nitrogen and oxygen atoms in total. The van der Waals surface area contributed by atoms with E-state index in [1.54, 1.807) is 6.20 Å². The average molecular weight is 216 g/mol. The van der Waals surface area contributed by atoms with Crippen LogP contribution >= 0.6 is 15.9 Å². The topological polar surface area (TPSA) is 33.1 Å². The van der Waals surface area contributed by atoms with E-state index in [1.165, 1.54) is 0 Å². The van der Waals surface area contributed by atoms with Crippen molar-refractivity contribution in [2.24, 2.45) is 0 Å². The number of pyridine rings is 1. The number of aliphatic hydroxyl groups excluding tert-OH is 1. The number of rotatable bonds is 2. The fourth-order valence-corrected chi connectivity index (χ4v) is 1.24. The molecule has 0 saturated carbocycles. The van der Waals surface area contributed by atoms with Gasteiger partial charge in [0.15, 0.2) is 0 Å². The third-order valence-electron chi connectivity index (χ3n) is 1.45. The van der Waals surface area contributed by atoms with Gasteiger partial charge in [-0.15, -0.1) is 0 Å². The zero-order chi connectivity index (χ0) is 8.27. The molecular weight excluding hydrogens is 206 g/mol. The number of aliphatic hydroxyl groups is 1. The van der Waals surface area contributed by atoms with E-state index < -0.39 is 6.10 Å². The van der Waals surface area contributed by atoms with Gasteiger partial charge in [-0.2, -0.15) is 0 Å². The third kappa shape index (κ3) is 2.27. The molecule has 1 aromatic rings. The Kier molecular flexibility index (Phi) is 3.02. The fraction of sp³-hybridized carbons (Fsp3) is 0.375. The largest absolute Gasteiger partial charge is 0.388 e. The highest BCUT2D eigenvalue weighted by Crippen LogP contribution is 2.14. The molecular formula is C8H10BrNO. The van der Waals surface area contributed by atoms with Gasteiger partial charge in [-0.05, 0) is 24.6 Å². The van der Waals surface area contributed by atoms with Crippen LogP contribution in [0.5, 0.6) is 0 Å². The lowest BCUT2D eigenvalue weighted by atomic mass is 10.1. The maximum absolute atomic E-state index is 9.38. The van der Waals surface area contributed by atoms with Crippen LogP contribution in [0.1, 0.15) is 17.4 Å². The first-order valence-corrected chi connectivity index (χ1v) is 4.53. The number of nitrogens with zero attached hydrogens (tertiary/aromatic N) is 1. The van der Waals surface area contributed by atoms with Crippen LogP contribution in [0.4, 0.5) is 0 Å². The van der Waals surface area contributed by atoms with Crippen LogP contribution in [0.25, 0.3) is 0 Å². The number of halogens is 1. The molecule has 0 spiro atoms. The van der Waals surface area contributed by atoms with E-state index in [1.807, 2.05) is 19.1 Å². The molecule has 0 aromatic carbocycles. The minimum absolute atomic E-state index is 0.420. The summed E-state index contributed by atoms with van der Waals surface area (Å²) in [5.74, 6) is 0. The summed E-state index contributed by atoms with van der Waals surface area (Å²) < 4.78 is 0. The maximum atomic E-state index is 9.38. The van der Waals surface area contributed by atoms with Crippen LogP contribution in [-0.2, 0) is 0 Å². The van der Waals surface area contributed by atoms with Crippen molar-refractivity contribution in [2.75, 3.05) is 5.33 Å². The van der Waals surface area contributed by atoms with Crippen molar-refractivity contribution in [3.63, 3.8) is 0 Å². The highest BCUT2D eigenvalue weighted by atomic mass is 79.9. The van der Waals surface area contributed by atoms with E-state index in [-0.39, 0.29) is 0 Å². The lowest BCUT2D eigenvalue weighted by Gasteiger charge is -2.06. The maximum Gasteiger partial charge on any atom is 0.0887 e. The van der Waals surface area contributed by atoms with Gasteiger partial charge in [0.1, 0.15) is 0 Å². The molecule has 1 unspecified atom stereocenters. The predicted molar refractivity (Wildman–Crippen MR) is 47.7 cm³/mol. The normalized spacial score (nSPS) is 13.0. The molecule has 1 N–H and O–H groups in total. The zero-order valence-electron chi connectivity index (χ0n) is 6.29. The summed E-state index contributed by atoms with van der Waals surface area (Å²) in [5, 5.41) is 9.94. The lowest BCUT2D eigenvalue weighted by molar-refractivity contribution is 0.205. The molecule has 0 aliphatic carbocycles. The van der Waals surface area contributed by atoms with Crippen molar-refractivity contribution in [3.8, 4) is 0 Å². The van der Waals surface area contributed by atoms with E-state index >= 15 is 0 Å². The van der Waals surface area contributed by atoms with Gasteiger partial charge in [0, 0.05) is 17.2 Å². The van der Waals surface area contributed by atoms with Crippen molar-refractivity contribution in [2.45, 2.75) is 13.0 Å². The number of alkyl halides is 1. The molecule has 1 rings (SSSR count). The molecule has 1 aromatic heterocycles.